The van der Waals surface area contributed by atoms with Gasteiger partial charge in [0.05, 0.1) is 6.54 Å². The van der Waals surface area contributed by atoms with Gasteiger partial charge < -0.3 is 20.5 Å². The van der Waals surface area contributed by atoms with Crippen LogP contribution in [0, 0.1) is 5.92 Å². The highest BCUT2D eigenvalue weighted by Gasteiger charge is 2.27. The molecule has 0 saturated carbocycles. The number of hydrogen-bond acceptors (Lipinski definition) is 2. The number of guanidine groups is 1. The Bertz CT molecular complexity index is 753. The van der Waals surface area contributed by atoms with Crippen LogP contribution in [0.25, 0.3) is 10.9 Å². The normalized spacial score (nSPS) is 17.3. The zero-order valence-electron chi connectivity index (χ0n) is 16.3. The summed E-state index contributed by atoms with van der Waals surface area (Å²) in [5.74, 6) is 1.09. The van der Waals surface area contributed by atoms with Gasteiger partial charge in [-0.15, -0.1) is 24.0 Å². The summed E-state index contributed by atoms with van der Waals surface area (Å²) in [6, 6.07) is 10.6. The SMILES string of the molecule is CCNC(=NCc1cc2ccccc2[nH]1)NC1CCN(C(=O)C(C)C)C1.I. The van der Waals surface area contributed by atoms with Crippen molar-refractivity contribution < 1.29 is 4.79 Å². The summed E-state index contributed by atoms with van der Waals surface area (Å²) in [6.45, 7) is 8.92. The van der Waals surface area contributed by atoms with E-state index in [-0.39, 0.29) is 41.8 Å². The van der Waals surface area contributed by atoms with Gasteiger partial charge in [-0.05, 0) is 30.9 Å². The van der Waals surface area contributed by atoms with Crippen LogP contribution < -0.4 is 10.6 Å². The van der Waals surface area contributed by atoms with Gasteiger partial charge in [0.15, 0.2) is 5.96 Å². The van der Waals surface area contributed by atoms with Gasteiger partial charge in [-0.3, -0.25) is 4.79 Å². The van der Waals surface area contributed by atoms with Crippen molar-refractivity contribution in [3.63, 3.8) is 0 Å². The number of aromatic amines is 1. The van der Waals surface area contributed by atoms with Gasteiger partial charge in [0.2, 0.25) is 5.91 Å². The first-order chi connectivity index (χ1) is 12.6. The Morgan fingerprint density at radius 1 is 1.37 bits per heavy atom. The van der Waals surface area contributed by atoms with Crippen LogP contribution in [0.2, 0.25) is 0 Å². The van der Waals surface area contributed by atoms with Gasteiger partial charge in [0.1, 0.15) is 0 Å². The number of carbonyl (C=O) groups is 1. The van der Waals surface area contributed by atoms with E-state index in [0.717, 1.165) is 43.2 Å². The minimum absolute atomic E-state index is 0. The van der Waals surface area contributed by atoms with Crippen molar-refractivity contribution in [1.82, 2.24) is 20.5 Å². The molecule has 0 spiro atoms. The topological polar surface area (TPSA) is 72.5 Å². The lowest BCUT2D eigenvalue weighted by atomic mass is 10.2. The highest BCUT2D eigenvalue weighted by Crippen LogP contribution is 2.15. The number of carbonyl (C=O) groups excluding carboxylic acids is 1. The molecule has 6 nitrogen and oxygen atoms in total. The quantitative estimate of drug-likeness (QED) is 0.348. The molecule has 1 atom stereocenters. The fourth-order valence-electron chi connectivity index (χ4n) is 3.34. The maximum Gasteiger partial charge on any atom is 0.225 e. The Morgan fingerprint density at radius 3 is 2.85 bits per heavy atom. The van der Waals surface area contributed by atoms with Crippen LogP contribution >= 0.6 is 24.0 Å². The van der Waals surface area contributed by atoms with E-state index in [1.165, 1.54) is 5.39 Å². The van der Waals surface area contributed by atoms with E-state index in [2.05, 4.69) is 40.7 Å². The van der Waals surface area contributed by atoms with Gasteiger partial charge in [0.25, 0.3) is 0 Å². The molecular weight excluding hydrogens is 453 g/mol. The third-order valence-electron chi connectivity index (χ3n) is 4.67. The Kier molecular flexibility index (Phi) is 7.94. The zero-order chi connectivity index (χ0) is 18.5. The van der Waals surface area contributed by atoms with Crippen LogP contribution in [0.4, 0.5) is 0 Å². The summed E-state index contributed by atoms with van der Waals surface area (Å²) in [7, 11) is 0. The smallest absolute Gasteiger partial charge is 0.225 e. The molecule has 3 rings (SSSR count). The Morgan fingerprint density at radius 2 is 2.15 bits per heavy atom. The molecule has 0 bridgehead atoms. The predicted molar refractivity (Wildman–Crippen MR) is 121 cm³/mol. The number of rotatable bonds is 5. The molecule has 1 aromatic heterocycles. The van der Waals surface area contributed by atoms with Crippen molar-refractivity contribution in [3.05, 3.63) is 36.0 Å². The molecule has 27 heavy (non-hydrogen) atoms. The molecule has 148 valence electrons. The van der Waals surface area contributed by atoms with Crippen molar-refractivity contribution >= 4 is 46.7 Å². The van der Waals surface area contributed by atoms with Crippen molar-refractivity contribution in [2.45, 2.75) is 39.8 Å². The molecule has 2 aromatic rings. The number of fused-ring (bicyclic) bond motifs is 1. The maximum atomic E-state index is 12.1. The van der Waals surface area contributed by atoms with E-state index in [4.69, 9.17) is 4.99 Å². The molecule has 1 aromatic carbocycles. The van der Waals surface area contributed by atoms with E-state index in [1.807, 2.05) is 30.9 Å². The fraction of sp³-hybridized carbons (Fsp3) is 0.500. The zero-order valence-corrected chi connectivity index (χ0v) is 18.6. The monoisotopic (exact) mass is 483 g/mol. The van der Waals surface area contributed by atoms with Crippen molar-refractivity contribution in [1.29, 1.82) is 0 Å². The number of benzene rings is 1. The molecule has 1 unspecified atom stereocenters. The molecule has 1 aliphatic heterocycles. The van der Waals surface area contributed by atoms with E-state index in [0.29, 0.717) is 6.54 Å². The highest BCUT2D eigenvalue weighted by molar-refractivity contribution is 14.0. The highest BCUT2D eigenvalue weighted by atomic mass is 127. The Hall–Kier alpha value is -1.77. The lowest BCUT2D eigenvalue weighted by Gasteiger charge is -2.20. The van der Waals surface area contributed by atoms with E-state index < -0.39 is 0 Å². The average molecular weight is 483 g/mol. The Balaban J connectivity index is 0.00000261. The number of nitrogens with zero attached hydrogens (tertiary/aromatic N) is 2. The lowest BCUT2D eigenvalue weighted by Crippen LogP contribution is -2.45. The number of para-hydroxylation sites is 1. The van der Waals surface area contributed by atoms with E-state index in [9.17, 15) is 4.79 Å². The second-order valence-corrected chi connectivity index (χ2v) is 7.15. The second kappa shape index (κ2) is 9.96. The molecule has 3 N–H and O–H groups in total. The largest absolute Gasteiger partial charge is 0.357 e. The number of aliphatic imine (C=N–C) groups is 1. The molecule has 2 heterocycles. The predicted octanol–water partition coefficient (Wildman–Crippen LogP) is 3.10. The minimum Gasteiger partial charge on any atom is -0.357 e. The molecule has 0 aliphatic carbocycles. The molecule has 0 radical (unpaired) electrons. The summed E-state index contributed by atoms with van der Waals surface area (Å²) in [5, 5.41) is 7.98. The molecular formula is C20H30IN5O. The standard InChI is InChI=1S/C20H29N5O.HI/c1-4-21-20(24-16-9-10-25(13-16)19(26)14(2)3)22-12-17-11-15-7-5-6-8-18(15)23-17;/h5-8,11,14,16,23H,4,9-10,12-13H2,1-3H3,(H2,21,22,24);1H. The fourth-order valence-corrected chi connectivity index (χ4v) is 3.34. The van der Waals surface area contributed by atoms with Gasteiger partial charge in [-0.1, -0.05) is 32.0 Å². The number of hydrogen-bond donors (Lipinski definition) is 3. The van der Waals surface area contributed by atoms with Crippen molar-refractivity contribution in [2.24, 2.45) is 10.9 Å². The van der Waals surface area contributed by atoms with Crippen LogP contribution in [0.15, 0.2) is 35.3 Å². The third-order valence-corrected chi connectivity index (χ3v) is 4.67. The summed E-state index contributed by atoms with van der Waals surface area (Å²) in [4.78, 5) is 22.2. The minimum atomic E-state index is 0. The van der Waals surface area contributed by atoms with Crippen LogP contribution in [-0.4, -0.2) is 47.4 Å². The number of likely N-dealkylation sites (tertiary alicyclic amines) is 1. The molecule has 7 heteroatoms. The number of halogens is 1. The second-order valence-electron chi connectivity index (χ2n) is 7.15. The van der Waals surface area contributed by atoms with Gasteiger partial charge >= 0.3 is 0 Å². The van der Waals surface area contributed by atoms with Crippen LogP contribution in [0.5, 0.6) is 0 Å². The van der Waals surface area contributed by atoms with Gasteiger partial charge in [0, 0.05) is 42.8 Å². The summed E-state index contributed by atoms with van der Waals surface area (Å²) >= 11 is 0. The summed E-state index contributed by atoms with van der Waals surface area (Å²) < 4.78 is 0. The molecule has 1 amide bonds. The number of amides is 1. The first-order valence-corrected chi connectivity index (χ1v) is 9.47. The Labute approximate surface area is 178 Å². The summed E-state index contributed by atoms with van der Waals surface area (Å²) in [5.41, 5.74) is 2.22. The average Bonchev–Trinajstić information content (AvgIpc) is 3.25. The van der Waals surface area contributed by atoms with Gasteiger partial charge in [-0.2, -0.15) is 0 Å². The summed E-state index contributed by atoms with van der Waals surface area (Å²) in [6.07, 6.45) is 0.954. The van der Waals surface area contributed by atoms with Crippen LogP contribution in [0.1, 0.15) is 32.9 Å². The third kappa shape index (κ3) is 5.60. The first kappa shape index (κ1) is 21.5. The molecule has 1 fully saturated rings. The lowest BCUT2D eigenvalue weighted by molar-refractivity contribution is -0.133. The van der Waals surface area contributed by atoms with Crippen LogP contribution in [0.3, 0.4) is 0 Å². The van der Waals surface area contributed by atoms with Crippen molar-refractivity contribution in [2.75, 3.05) is 19.6 Å². The van der Waals surface area contributed by atoms with E-state index >= 15 is 0 Å². The van der Waals surface area contributed by atoms with Gasteiger partial charge in [-0.25, -0.2) is 4.99 Å². The van der Waals surface area contributed by atoms with Crippen molar-refractivity contribution in [3.8, 4) is 0 Å². The molecule has 1 aliphatic rings. The number of nitrogens with one attached hydrogen (secondary N) is 3. The maximum absolute atomic E-state index is 12.1. The van der Waals surface area contributed by atoms with E-state index in [1.54, 1.807) is 0 Å². The molecule has 1 saturated heterocycles. The number of H-pyrrole nitrogens is 1. The first-order valence-electron chi connectivity index (χ1n) is 9.47. The number of aromatic nitrogens is 1. The van der Waals surface area contributed by atoms with Crippen LogP contribution in [-0.2, 0) is 11.3 Å².